The molecular formula is C30H31N3O3S. The highest BCUT2D eigenvalue weighted by atomic mass is 32.2. The summed E-state index contributed by atoms with van der Waals surface area (Å²) in [5.41, 5.74) is 4.34. The molecule has 37 heavy (non-hydrogen) atoms. The lowest BCUT2D eigenvalue weighted by Crippen LogP contribution is -2.35. The van der Waals surface area contributed by atoms with Crippen molar-refractivity contribution in [1.29, 1.82) is 0 Å². The normalized spacial score (nSPS) is 12.6. The van der Waals surface area contributed by atoms with Crippen molar-refractivity contribution < 1.29 is 12.8 Å². The van der Waals surface area contributed by atoms with Crippen LogP contribution in [0.4, 0.5) is 0 Å². The Morgan fingerprint density at radius 1 is 0.946 bits per heavy atom. The molecule has 0 aliphatic rings. The minimum absolute atomic E-state index is 0.0334. The fraction of sp³-hybridized carbons (Fsp3) is 0.233. The lowest BCUT2D eigenvalue weighted by molar-refractivity contribution is 0.452. The van der Waals surface area contributed by atoms with Gasteiger partial charge in [-0.05, 0) is 69.7 Å². The van der Waals surface area contributed by atoms with E-state index in [1.807, 2.05) is 61.5 Å². The Bertz CT molecular complexity index is 1520. The first-order chi connectivity index (χ1) is 17.5. The number of hydrogen-bond donors (Lipinski definition) is 2. The molecule has 190 valence electrons. The largest absolute Gasteiger partial charge is 0.439 e. The molecular weight excluding hydrogens is 482 g/mol. The van der Waals surface area contributed by atoms with E-state index in [1.165, 1.54) is 12.1 Å². The smallest absolute Gasteiger partial charge is 0.238 e. The molecule has 7 heteroatoms. The molecule has 0 aliphatic heterocycles. The molecule has 1 aromatic heterocycles. The summed E-state index contributed by atoms with van der Waals surface area (Å²) >= 11 is 0. The van der Waals surface area contributed by atoms with E-state index in [9.17, 15) is 8.42 Å². The second-order valence-corrected chi connectivity index (χ2v) is 11.5. The number of nitrogens with zero attached hydrogens (tertiary/aromatic N) is 1. The molecule has 3 aromatic carbocycles. The van der Waals surface area contributed by atoms with Gasteiger partial charge in [0.1, 0.15) is 5.69 Å². The summed E-state index contributed by atoms with van der Waals surface area (Å²) in [5, 5.41) is 8.62. The van der Waals surface area contributed by atoms with Crippen LogP contribution in [0.3, 0.4) is 0 Å². The van der Waals surface area contributed by atoms with Crippen LogP contribution in [0.15, 0.2) is 88.2 Å². The average molecular weight is 514 g/mol. The van der Waals surface area contributed by atoms with Crippen molar-refractivity contribution >= 4 is 10.0 Å². The van der Waals surface area contributed by atoms with Crippen LogP contribution in [0, 0.1) is 11.8 Å². The predicted octanol–water partition coefficient (Wildman–Crippen LogP) is 5.55. The van der Waals surface area contributed by atoms with E-state index in [2.05, 4.69) is 37.9 Å². The Labute approximate surface area is 219 Å². The van der Waals surface area contributed by atoms with Crippen LogP contribution in [-0.2, 0) is 10.0 Å². The van der Waals surface area contributed by atoms with E-state index in [1.54, 1.807) is 12.1 Å². The van der Waals surface area contributed by atoms with Crippen LogP contribution in [0.5, 0.6) is 0 Å². The van der Waals surface area contributed by atoms with E-state index in [0.29, 0.717) is 29.5 Å². The minimum Gasteiger partial charge on any atom is -0.439 e. The van der Waals surface area contributed by atoms with Crippen molar-refractivity contribution in [2.45, 2.75) is 44.0 Å². The van der Waals surface area contributed by atoms with Gasteiger partial charge in [-0.25, -0.2) is 18.5 Å². The summed E-state index contributed by atoms with van der Waals surface area (Å²) in [7, 11) is -3.79. The molecule has 0 saturated heterocycles. The third-order valence-electron chi connectivity index (χ3n) is 5.86. The number of nitrogens with one attached hydrogen (secondary N) is 1. The molecule has 0 bridgehead atoms. The minimum atomic E-state index is -3.79. The zero-order chi connectivity index (χ0) is 26.6. The van der Waals surface area contributed by atoms with Crippen LogP contribution < -0.4 is 10.5 Å². The number of benzene rings is 3. The second kappa shape index (κ2) is 10.7. The van der Waals surface area contributed by atoms with Crippen molar-refractivity contribution in [3.63, 3.8) is 0 Å². The molecule has 1 unspecified atom stereocenters. The summed E-state index contributed by atoms with van der Waals surface area (Å²) in [4.78, 5) is 4.91. The number of oxazole rings is 1. The van der Waals surface area contributed by atoms with E-state index in [-0.39, 0.29) is 16.4 Å². The maximum Gasteiger partial charge on any atom is 0.238 e. The van der Waals surface area contributed by atoms with Crippen LogP contribution >= 0.6 is 0 Å². The first-order valence-electron chi connectivity index (χ1n) is 12.0. The van der Waals surface area contributed by atoms with Crippen LogP contribution in [-0.4, -0.2) is 25.5 Å². The highest BCUT2D eigenvalue weighted by Gasteiger charge is 2.22. The summed E-state index contributed by atoms with van der Waals surface area (Å²) in [6, 6.07) is 24.2. The van der Waals surface area contributed by atoms with Crippen LogP contribution in [0.2, 0.25) is 0 Å². The monoisotopic (exact) mass is 513 g/mol. The molecule has 0 spiro atoms. The van der Waals surface area contributed by atoms with Gasteiger partial charge in [0.05, 0.1) is 17.4 Å². The fourth-order valence-electron chi connectivity index (χ4n) is 3.76. The van der Waals surface area contributed by atoms with Crippen molar-refractivity contribution in [1.82, 2.24) is 10.3 Å². The molecule has 0 aliphatic carbocycles. The third-order valence-corrected chi connectivity index (χ3v) is 6.79. The van der Waals surface area contributed by atoms with Gasteiger partial charge in [-0.1, -0.05) is 54.3 Å². The van der Waals surface area contributed by atoms with E-state index in [0.717, 1.165) is 16.7 Å². The number of sulfonamides is 1. The van der Waals surface area contributed by atoms with Gasteiger partial charge in [0.2, 0.25) is 15.9 Å². The molecule has 6 nitrogen and oxygen atoms in total. The molecule has 0 fully saturated rings. The summed E-state index contributed by atoms with van der Waals surface area (Å²) < 4.78 is 29.7. The maximum atomic E-state index is 11.7. The zero-order valence-electron chi connectivity index (χ0n) is 21.4. The maximum absolute atomic E-state index is 11.7. The molecule has 0 saturated carbocycles. The van der Waals surface area contributed by atoms with Gasteiger partial charge in [-0.15, -0.1) is 0 Å². The highest BCUT2D eigenvalue weighted by molar-refractivity contribution is 7.89. The number of nitrogens with two attached hydrogens (primary N) is 1. The van der Waals surface area contributed by atoms with Crippen molar-refractivity contribution in [2.75, 3.05) is 6.54 Å². The lowest BCUT2D eigenvalue weighted by atomic mass is 10.00. The second-order valence-electron chi connectivity index (χ2n) is 9.91. The summed E-state index contributed by atoms with van der Waals surface area (Å²) in [6.07, 6.45) is 0. The quantitative estimate of drug-likeness (QED) is 0.330. The molecule has 0 amide bonds. The predicted molar refractivity (Wildman–Crippen MR) is 147 cm³/mol. The van der Waals surface area contributed by atoms with Crippen LogP contribution in [0.25, 0.3) is 22.6 Å². The Morgan fingerprint density at radius 3 is 2.19 bits per heavy atom. The Morgan fingerprint density at radius 2 is 1.59 bits per heavy atom. The summed E-state index contributed by atoms with van der Waals surface area (Å²) in [5.74, 6) is 7.39. The van der Waals surface area contributed by atoms with Gasteiger partial charge < -0.3 is 9.73 Å². The van der Waals surface area contributed by atoms with E-state index in [4.69, 9.17) is 14.5 Å². The van der Waals surface area contributed by atoms with Crippen molar-refractivity contribution in [2.24, 2.45) is 5.14 Å². The molecule has 1 heterocycles. The Hall–Kier alpha value is -3.70. The van der Waals surface area contributed by atoms with Crippen molar-refractivity contribution in [3.05, 3.63) is 95.9 Å². The van der Waals surface area contributed by atoms with Gasteiger partial charge in [-0.3, -0.25) is 0 Å². The Kier molecular flexibility index (Phi) is 7.65. The van der Waals surface area contributed by atoms with E-state index >= 15 is 0 Å². The van der Waals surface area contributed by atoms with E-state index < -0.39 is 10.0 Å². The molecule has 4 rings (SSSR count). The van der Waals surface area contributed by atoms with Gasteiger partial charge in [0.25, 0.3) is 0 Å². The van der Waals surface area contributed by atoms with Crippen LogP contribution in [0.1, 0.15) is 50.6 Å². The SMILES string of the molecule is CC(c1ccc(C#CCNC(C)(C)C)cc1)c1nc(-c2ccccc2)c(-c2ccc(S(N)(=O)=O)cc2)o1. The fourth-order valence-corrected chi connectivity index (χ4v) is 4.27. The number of rotatable bonds is 6. The molecule has 3 N–H and O–H groups in total. The zero-order valence-corrected chi connectivity index (χ0v) is 22.3. The standard InChI is InChI=1S/C30H31N3O3S/c1-21(23-14-12-22(13-15-23)9-8-20-32-30(2,3)4)29-33-27(24-10-6-5-7-11-24)28(36-29)25-16-18-26(19-17-25)37(31,34)35/h5-7,10-19,21,32H,20H2,1-4H3,(H2,31,34,35). The molecule has 4 aromatic rings. The first kappa shape index (κ1) is 26.4. The first-order valence-corrected chi connectivity index (χ1v) is 13.6. The summed E-state index contributed by atoms with van der Waals surface area (Å²) in [6.45, 7) is 9.01. The number of hydrogen-bond acceptors (Lipinski definition) is 5. The molecule has 1 atom stereocenters. The van der Waals surface area contributed by atoms with Crippen molar-refractivity contribution in [3.8, 4) is 34.4 Å². The van der Waals surface area contributed by atoms with Gasteiger partial charge >= 0.3 is 0 Å². The molecule has 0 radical (unpaired) electrons. The Balaban J connectivity index is 1.63. The number of primary sulfonamides is 1. The topological polar surface area (TPSA) is 98.2 Å². The highest BCUT2D eigenvalue weighted by Crippen LogP contribution is 2.36. The number of aromatic nitrogens is 1. The average Bonchev–Trinajstić information content (AvgIpc) is 3.32. The van der Waals surface area contributed by atoms with Gasteiger partial charge in [0.15, 0.2) is 5.76 Å². The lowest BCUT2D eigenvalue weighted by Gasteiger charge is -2.18. The van der Waals surface area contributed by atoms with Gasteiger partial charge in [-0.2, -0.15) is 0 Å². The third kappa shape index (κ3) is 6.75. The van der Waals surface area contributed by atoms with Gasteiger partial charge in [0, 0.05) is 22.2 Å².